The average Bonchev–Trinajstić information content (AvgIpc) is 2.97. The van der Waals surface area contributed by atoms with Gasteiger partial charge in [0.15, 0.2) is 0 Å². The minimum atomic E-state index is -0.454. The Morgan fingerprint density at radius 2 is 2.14 bits per heavy atom. The van der Waals surface area contributed by atoms with Gasteiger partial charge in [-0.3, -0.25) is 4.79 Å². The lowest BCUT2D eigenvalue weighted by molar-refractivity contribution is -0.133. The fourth-order valence-corrected chi connectivity index (χ4v) is 2.63. The van der Waals surface area contributed by atoms with Gasteiger partial charge < -0.3 is 15.4 Å². The topological polar surface area (TPSA) is 55.6 Å². The molecule has 2 atom stereocenters. The van der Waals surface area contributed by atoms with Crippen LogP contribution in [-0.2, 0) is 16.0 Å². The fraction of sp³-hybridized carbons (Fsp3) is 0.588. The highest BCUT2D eigenvalue weighted by molar-refractivity contribution is 5.81. The number of carbonyl (C=O) groups excluding carboxylic acids is 1. The molecule has 1 aromatic carbocycles. The van der Waals surface area contributed by atoms with E-state index in [1.165, 1.54) is 11.1 Å². The highest BCUT2D eigenvalue weighted by Crippen LogP contribution is 2.14. The smallest absolute Gasteiger partial charge is 0.239 e. The highest BCUT2D eigenvalue weighted by Gasteiger charge is 2.24. The maximum atomic E-state index is 12.3. The van der Waals surface area contributed by atoms with Crippen molar-refractivity contribution in [1.29, 1.82) is 0 Å². The standard InChI is InChI=1S/C17H26N2O2/c1-13-5-7-15(8-6-13)9-10-19(17(20)14(2)18)12-16-4-3-11-21-16/h5-8,14,16H,3-4,9-12,18H2,1-2H3/t14-,16?/m1/s1. The van der Waals surface area contributed by atoms with Crippen molar-refractivity contribution in [3.05, 3.63) is 35.4 Å². The van der Waals surface area contributed by atoms with Crippen molar-refractivity contribution in [2.45, 2.75) is 45.3 Å². The van der Waals surface area contributed by atoms with Crippen LogP contribution in [0.15, 0.2) is 24.3 Å². The average molecular weight is 290 g/mol. The third-order valence-corrected chi connectivity index (χ3v) is 3.94. The van der Waals surface area contributed by atoms with Gasteiger partial charge in [-0.25, -0.2) is 0 Å². The Bertz CT molecular complexity index is 450. The second-order valence-electron chi connectivity index (χ2n) is 5.94. The van der Waals surface area contributed by atoms with E-state index in [2.05, 4.69) is 31.2 Å². The molecule has 0 aromatic heterocycles. The highest BCUT2D eigenvalue weighted by atomic mass is 16.5. The molecule has 0 spiro atoms. The molecule has 1 aromatic rings. The van der Waals surface area contributed by atoms with Crippen molar-refractivity contribution in [1.82, 2.24) is 4.90 Å². The van der Waals surface area contributed by atoms with E-state index in [1.807, 2.05) is 4.90 Å². The number of benzene rings is 1. The Morgan fingerprint density at radius 1 is 1.43 bits per heavy atom. The van der Waals surface area contributed by atoms with Crippen molar-refractivity contribution in [2.75, 3.05) is 19.7 Å². The van der Waals surface area contributed by atoms with E-state index < -0.39 is 6.04 Å². The van der Waals surface area contributed by atoms with Gasteiger partial charge in [0.05, 0.1) is 12.1 Å². The van der Waals surface area contributed by atoms with Gasteiger partial charge in [-0.05, 0) is 38.7 Å². The van der Waals surface area contributed by atoms with Crippen LogP contribution in [-0.4, -0.2) is 42.6 Å². The van der Waals surface area contributed by atoms with Crippen LogP contribution in [0, 0.1) is 6.92 Å². The van der Waals surface area contributed by atoms with Crippen LogP contribution in [0.3, 0.4) is 0 Å². The molecule has 1 amide bonds. The predicted octanol–water partition coefficient (Wildman–Crippen LogP) is 1.89. The van der Waals surface area contributed by atoms with Crippen LogP contribution in [0.5, 0.6) is 0 Å². The summed E-state index contributed by atoms with van der Waals surface area (Å²) in [7, 11) is 0. The number of ether oxygens (including phenoxy) is 1. The van der Waals surface area contributed by atoms with Crippen molar-refractivity contribution in [2.24, 2.45) is 5.73 Å². The zero-order valence-corrected chi connectivity index (χ0v) is 13.0. The molecular formula is C17H26N2O2. The summed E-state index contributed by atoms with van der Waals surface area (Å²) in [5.41, 5.74) is 8.27. The molecule has 0 radical (unpaired) electrons. The minimum Gasteiger partial charge on any atom is -0.376 e. The van der Waals surface area contributed by atoms with Gasteiger partial charge >= 0.3 is 0 Å². The molecule has 0 aliphatic carbocycles. The van der Waals surface area contributed by atoms with Crippen LogP contribution in [0.4, 0.5) is 0 Å². The maximum Gasteiger partial charge on any atom is 0.239 e. The molecule has 4 heteroatoms. The van der Waals surface area contributed by atoms with Crippen molar-refractivity contribution in [3.63, 3.8) is 0 Å². The molecule has 21 heavy (non-hydrogen) atoms. The number of carbonyl (C=O) groups is 1. The van der Waals surface area contributed by atoms with Gasteiger partial charge in [0.2, 0.25) is 5.91 Å². The van der Waals surface area contributed by atoms with Crippen LogP contribution in [0.25, 0.3) is 0 Å². The number of hydrogen-bond acceptors (Lipinski definition) is 3. The molecule has 1 unspecified atom stereocenters. The summed E-state index contributed by atoms with van der Waals surface area (Å²) in [6.45, 7) is 5.99. The van der Waals surface area contributed by atoms with E-state index in [0.29, 0.717) is 13.1 Å². The molecule has 2 N–H and O–H groups in total. The first-order valence-corrected chi connectivity index (χ1v) is 7.78. The third-order valence-electron chi connectivity index (χ3n) is 3.94. The summed E-state index contributed by atoms with van der Waals surface area (Å²) >= 11 is 0. The Morgan fingerprint density at radius 3 is 2.71 bits per heavy atom. The van der Waals surface area contributed by atoms with Crippen LogP contribution in [0.1, 0.15) is 30.9 Å². The van der Waals surface area contributed by atoms with E-state index in [1.54, 1.807) is 6.92 Å². The normalized spacial score (nSPS) is 19.5. The monoisotopic (exact) mass is 290 g/mol. The summed E-state index contributed by atoms with van der Waals surface area (Å²) in [5, 5.41) is 0. The number of hydrogen-bond donors (Lipinski definition) is 1. The van der Waals surface area contributed by atoms with Crippen LogP contribution < -0.4 is 5.73 Å². The van der Waals surface area contributed by atoms with Crippen molar-refractivity contribution >= 4 is 5.91 Å². The van der Waals surface area contributed by atoms with Crippen LogP contribution in [0.2, 0.25) is 0 Å². The third kappa shape index (κ3) is 4.83. The largest absolute Gasteiger partial charge is 0.376 e. The molecule has 1 saturated heterocycles. The van der Waals surface area contributed by atoms with Crippen molar-refractivity contribution in [3.8, 4) is 0 Å². The first kappa shape index (κ1) is 16.0. The fourth-order valence-electron chi connectivity index (χ4n) is 2.63. The number of rotatable bonds is 6. The van der Waals surface area contributed by atoms with E-state index in [4.69, 9.17) is 10.5 Å². The lowest BCUT2D eigenvalue weighted by Crippen LogP contribution is -2.46. The molecule has 116 valence electrons. The summed E-state index contributed by atoms with van der Waals surface area (Å²) in [6.07, 6.45) is 3.15. The Balaban J connectivity index is 1.94. The van der Waals surface area contributed by atoms with Gasteiger partial charge in [-0.15, -0.1) is 0 Å². The Labute approximate surface area is 127 Å². The molecule has 1 heterocycles. The van der Waals surface area contributed by atoms with E-state index in [0.717, 1.165) is 25.9 Å². The second kappa shape index (κ2) is 7.57. The molecule has 1 aliphatic rings. The number of amides is 1. The van der Waals surface area contributed by atoms with Gasteiger partial charge in [0, 0.05) is 19.7 Å². The van der Waals surface area contributed by atoms with Crippen LogP contribution >= 0.6 is 0 Å². The van der Waals surface area contributed by atoms with E-state index in [9.17, 15) is 4.79 Å². The zero-order chi connectivity index (χ0) is 15.2. The summed E-state index contributed by atoms with van der Waals surface area (Å²) < 4.78 is 5.65. The van der Waals surface area contributed by atoms with Gasteiger partial charge in [-0.2, -0.15) is 0 Å². The number of nitrogens with zero attached hydrogens (tertiary/aromatic N) is 1. The molecular weight excluding hydrogens is 264 g/mol. The molecule has 0 saturated carbocycles. The SMILES string of the molecule is Cc1ccc(CCN(CC2CCCO2)C(=O)[C@@H](C)N)cc1. The number of aryl methyl sites for hydroxylation is 1. The quantitative estimate of drug-likeness (QED) is 0.870. The maximum absolute atomic E-state index is 12.3. The molecule has 2 rings (SSSR count). The van der Waals surface area contributed by atoms with E-state index >= 15 is 0 Å². The van der Waals surface area contributed by atoms with Gasteiger partial charge in [0.1, 0.15) is 0 Å². The molecule has 1 fully saturated rings. The predicted molar refractivity (Wildman–Crippen MR) is 84.1 cm³/mol. The lowest BCUT2D eigenvalue weighted by atomic mass is 10.1. The Hall–Kier alpha value is -1.39. The first-order chi connectivity index (χ1) is 10.1. The molecule has 0 bridgehead atoms. The van der Waals surface area contributed by atoms with Crippen molar-refractivity contribution < 1.29 is 9.53 Å². The zero-order valence-electron chi connectivity index (χ0n) is 13.0. The van der Waals surface area contributed by atoms with Gasteiger partial charge in [0.25, 0.3) is 0 Å². The summed E-state index contributed by atoms with van der Waals surface area (Å²) in [6, 6.07) is 8.00. The second-order valence-corrected chi connectivity index (χ2v) is 5.94. The minimum absolute atomic E-state index is 0.0117. The van der Waals surface area contributed by atoms with Gasteiger partial charge in [-0.1, -0.05) is 29.8 Å². The molecule has 1 aliphatic heterocycles. The first-order valence-electron chi connectivity index (χ1n) is 7.78. The lowest BCUT2D eigenvalue weighted by Gasteiger charge is -2.27. The van der Waals surface area contributed by atoms with E-state index in [-0.39, 0.29) is 12.0 Å². The molecule has 4 nitrogen and oxygen atoms in total. The summed E-state index contributed by atoms with van der Waals surface area (Å²) in [5.74, 6) is 0.0117. The summed E-state index contributed by atoms with van der Waals surface area (Å²) in [4.78, 5) is 14.1. The number of nitrogens with two attached hydrogens (primary N) is 1. The Kier molecular flexibility index (Phi) is 5.76.